The lowest BCUT2D eigenvalue weighted by Crippen LogP contribution is -2.00. The highest BCUT2D eigenvalue weighted by Crippen LogP contribution is 2.32. The molecule has 2 N–H and O–H groups in total. The predicted molar refractivity (Wildman–Crippen MR) is 103 cm³/mol. The van der Waals surface area contributed by atoms with E-state index in [0.717, 1.165) is 27.9 Å². The highest BCUT2D eigenvalue weighted by Gasteiger charge is 2.14. The van der Waals surface area contributed by atoms with Crippen molar-refractivity contribution >= 4 is 5.82 Å². The van der Waals surface area contributed by atoms with E-state index in [1.54, 1.807) is 0 Å². The summed E-state index contributed by atoms with van der Waals surface area (Å²) in [7, 11) is 0. The molecule has 0 saturated carbocycles. The van der Waals surface area contributed by atoms with Crippen LogP contribution < -0.4 is 5.73 Å². The van der Waals surface area contributed by atoms with Crippen molar-refractivity contribution in [1.82, 2.24) is 4.98 Å². The van der Waals surface area contributed by atoms with Crippen molar-refractivity contribution in [2.45, 2.75) is 26.7 Å². The van der Waals surface area contributed by atoms with Crippen LogP contribution in [-0.2, 0) is 0 Å². The molecule has 2 aromatic carbocycles. The zero-order valence-electron chi connectivity index (χ0n) is 14.7. The Bertz CT molecular complexity index is 948. The fraction of sp³-hybridized carbons (Fsp3) is 0.182. The molecule has 3 heteroatoms. The largest absolute Gasteiger partial charge is 0.383 e. The number of nitrogens with two attached hydrogens (primary N) is 1. The number of hydrogen-bond acceptors (Lipinski definition) is 3. The van der Waals surface area contributed by atoms with Gasteiger partial charge in [0.15, 0.2) is 0 Å². The SMILES string of the molecule is Cc1ccccc1-c1cc(-c2ccc(C(C)C)cc2)c(C#N)c(N)n1. The van der Waals surface area contributed by atoms with Crippen LogP contribution in [0.15, 0.2) is 54.6 Å². The standard InChI is InChI=1S/C22H21N3/c1-14(2)16-8-10-17(11-9-16)19-12-21(25-22(24)20(19)13-23)18-7-5-4-6-15(18)3/h4-12,14H,1-3H3,(H2,24,25). The van der Waals surface area contributed by atoms with Gasteiger partial charge in [-0.05, 0) is 35.6 Å². The topological polar surface area (TPSA) is 62.7 Å². The van der Waals surface area contributed by atoms with Crippen LogP contribution in [0.5, 0.6) is 0 Å². The van der Waals surface area contributed by atoms with Gasteiger partial charge in [-0.1, -0.05) is 62.4 Å². The molecule has 124 valence electrons. The Labute approximate surface area is 148 Å². The first-order chi connectivity index (χ1) is 12.0. The maximum absolute atomic E-state index is 9.55. The zero-order chi connectivity index (χ0) is 18.0. The summed E-state index contributed by atoms with van der Waals surface area (Å²) in [6.45, 7) is 6.37. The number of rotatable bonds is 3. The summed E-state index contributed by atoms with van der Waals surface area (Å²) in [6, 6.07) is 20.5. The normalized spacial score (nSPS) is 10.7. The van der Waals surface area contributed by atoms with E-state index < -0.39 is 0 Å². The number of benzene rings is 2. The van der Waals surface area contributed by atoms with Crippen LogP contribution in [0.4, 0.5) is 5.82 Å². The quantitative estimate of drug-likeness (QED) is 0.710. The maximum atomic E-state index is 9.55. The van der Waals surface area contributed by atoms with Crippen LogP contribution >= 0.6 is 0 Å². The summed E-state index contributed by atoms with van der Waals surface area (Å²) in [5.41, 5.74) is 12.5. The molecule has 3 nitrogen and oxygen atoms in total. The Balaban J connectivity index is 2.18. The third-order valence-corrected chi connectivity index (χ3v) is 4.47. The Morgan fingerprint density at radius 3 is 2.28 bits per heavy atom. The lowest BCUT2D eigenvalue weighted by atomic mass is 9.95. The molecule has 0 aliphatic carbocycles. The second-order valence-corrected chi connectivity index (χ2v) is 6.52. The fourth-order valence-electron chi connectivity index (χ4n) is 2.96. The molecule has 25 heavy (non-hydrogen) atoms. The van der Waals surface area contributed by atoms with Gasteiger partial charge in [0.2, 0.25) is 0 Å². The minimum atomic E-state index is 0.270. The van der Waals surface area contributed by atoms with E-state index in [2.05, 4.69) is 37.0 Å². The molecule has 0 unspecified atom stereocenters. The molecule has 3 rings (SSSR count). The second-order valence-electron chi connectivity index (χ2n) is 6.52. The van der Waals surface area contributed by atoms with E-state index in [-0.39, 0.29) is 5.82 Å². The van der Waals surface area contributed by atoms with Gasteiger partial charge < -0.3 is 5.73 Å². The third-order valence-electron chi connectivity index (χ3n) is 4.47. The van der Waals surface area contributed by atoms with Gasteiger partial charge in [0, 0.05) is 11.1 Å². The molecule has 1 aromatic heterocycles. The number of pyridine rings is 1. The Morgan fingerprint density at radius 2 is 1.68 bits per heavy atom. The first kappa shape index (κ1) is 16.7. The summed E-state index contributed by atoms with van der Waals surface area (Å²) < 4.78 is 0. The van der Waals surface area contributed by atoms with E-state index in [1.807, 2.05) is 49.4 Å². The number of aryl methyl sites for hydroxylation is 1. The summed E-state index contributed by atoms with van der Waals surface area (Å²) >= 11 is 0. The molecular formula is C22H21N3. The minimum Gasteiger partial charge on any atom is -0.383 e. The molecule has 3 aromatic rings. The fourth-order valence-corrected chi connectivity index (χ4v) is 2.96. The van der Waals surface area contributed by atoms with Crippen LogP contribution in [0.3, 0.4) is 0 Å². The van der Waals surface area contributed by atoms with Gasteiger partial charge in [0.25, 0.3) is 0 Å². The number of anilines is 1. The van der Waals surface area contributed by atoms with Crippen molar-refractivity contribution in [1.29, 1.82) is 5.26 Å². The summed E-state index contributed by atoms with van der Waals surface area (Å²) in [6.07, 6.45) is 0. The number of nitrogen functional groups attached to an aromatic ring is 1. The molecule has 0 fully saturated rings. The number of nitrogens with zero attached hydrogens (tertiary/aromatic N) is 2. The van der Waals surface area contributed by atoms with Gasteiger partial charge >= 0.3 is 0 Å². The lowest BCUT2D eigenvalue weighted by Gasteiger charge is -2.13. The molecule has 0 saturated heterocycles. The molecule has 0 radical (unpaired) electrons. The van der Waals surface area contributed by atoms with Crippen molar-refractivity contribution in [3.8, 4) is 28.5 Å². The lowest BCUT2D eigenvalue weighted by molar-refractivity contribution is 0.867. The number of hydrogen-bond donors (Lipinski definition) is 1. The maximum Gasteiger partial charge on any atom is 0.142 e. The highest BCUT2D eigenvalue weighted by molar-refractivity contribution is 5.80. The molecule has 0 spiro atoms. The highest BCUT2D eigenvalue weighted by atomic mass is 14.8. The molecule has 0 atom stereocenters. The van der Waals surface area contributed by atoms with Gasteiger partial charge in [-0.15, -0.1) is 0 Å². The van der Waals surface area contributed by atoms with Gasteiger partial charge in [0.05, 0.1) is 5.69 Å². The first-order valence-corrected chi connectivity index (χ1v) is 8.38. The van der Waals surface area contributed by atoms with Crippen LogP contribution in [0.1, 0.15) is 36.5 Å². The Kier molecular flexibility index (Phi) is 4.54. The molecule has 0 aliphatic heterocycles. The summed E-state index contributed by atoms with van der Waals surface area (Å²) in [5, 5.41) is 9.55. The smallest absolute Gasteiger partial charge is 0.142 e. The zero-order valence-corrected chi connectivity index (χ0v) is 14.7. The van der Waals surface area contributed by atoms with Crippen LogP contribution in [0.25, 0.3) is 22.4 Å². The van der Waals surface area contributed by atoms with Crippen LogP contribution in [0, 0.1) is 18.3 Å². The summed E-state index contributed by atoms with van der Waals surface area (Å²) in [4.78, 5) is 4.46. The predicted octanol–water partition coefficient (Wildman–Crippen LogP) is 5.30. The van der Waals surface area contributed by atoms with E-state index in [4.69, 9.17) is 5.73 Å². The minimum absolute atomic E-state index is 0.270. The Morgan fingerprint density at radius 1 is 1.00 bits per heavy atom. The van der Waals surface area contributed by atoms with Crippen molar-refractivity contribution in [3.05, 3.63) is 71.3 Å². The van der Waals surface area contributed by atoms with Gasteiger partial charge in [-0.2, -0.15) is 5.26 Å². The molecular weight excluding hydrogens is 306 g/mol. The van der Waals surface area contributed by atoms with E-state index in [9.17, 15) is 5.26 Å². The Hall–Kier alpha value is -3.12. The van der Waals surface area contributed by atoms with E-state index in [0.29, 0.717) is 11.5 Å². The molecule has 1 heterocycles. The average Bonchev–Trinajstić information content (AvgIpc) is 2.61. The van der Waals surface area contributed by atoms with Gasteiger partial charge in [0.1, 0.15) is 17.5 Å². The van der Waals surface area contributed by atoms with Crippen molar-refractivity contribution < 1.29 is 0 Å². The van der Waals surface area contributed by atoms with E-state index in [1.165, 1.54) is 5.56 Å². The van der Waals surface area contributed by atoms with Gasteiger partial charge in [-0.3, -0.25) is 0 Å². The van der Waals surface area contributed by atoms with Crippen LogP contribution in [-0.4, -0.2) is 4.98 Å². The van der Waals surface area contributed by atoms with Gasteiger partial charge in [-0.25, -0.2) is 4.98 Å². The number of nitriles is 1. The van der Waals surface area contributed by atoms with Crippen molar-refractivity contribution in [2.75, 3.05) is 5.73 Å². The average molecular weight is 327 g/mol. The molecule has 0 amide bonds. The number of aromatic nitrogens is 1. The second kappa shape index (κ2) is 6.78. The molecule has 0 bridgehead atoms. The van der Waals surface area contributed by atoms with Crippen molar-refractivity contribution in [3.63, 3.8) is 0 Å². The summed E-state index contributed by atoms with van der Waals surface area (Å²) in [5.74, 6) is 0.737. The monoisotopic (exact) mass is 327 g/mol. The van der Waals surface area contributed by atoms with Crippen LogP contribution in [0.2, 0.25) is 0 Å². The first-order valence-electron chi connectivity index (χ1n) is 8.38. The van der Waals surface area contributed by atoms with Crippen molar-refractivity contribution in [2.24, 2.45) is 0 Å². The third kappa shape index (κ3) is 3.25. The van der Waals surface area contributed by atoms with E-state index >= 15 is 0 Å². The molecule has 0 aliphatic rings.